The lowest BCUT2D eigenvalue weighted by molar-refractivity contribution is -0.140. The normalized spacial score (nSPS) is 29.8. The van der Waals surface area contributed by atoms with Crippen LogP contribution in [0, 0.1) is 11.8 Å². The van der Waals surface area contributed by atoms with Crippen molar-refractivity contribution in [2.75, 3.05) is 13.2 Å². The van der Waals surface area contributed by atoms with Crippen molar-refractivity contribution in [2.45, 2.75) is 53.2 Å². The molecule has 2 aromatic carbocycles. The Bertz CT molecular complexity index is 1140. The van der Waals surface area contributed by atoms with Crippen LogP contribution in [-0.4, -0.2) is 61.7 Å². The largest absolute Gasteiger partial charge is 0.396 e. The van der Waals surface area contributed by atoms with Crippen molar-refractivity contribution in [3.63, 3.8) is 0 Å². The first-order valence-electron chi connectivity index (χ1n) is 12.8. The molecular formula is C28H32BrN3O4S. The highest BCUT2D eigenvalue weighted by Crippen LogP contribution is 2.67. The van der Waals surface area contributed by atoms with Crippen LogP contribution in [0.4, 0.5) is 0 Å². The maximum Gasteiger partial charge on any atom is 0.244 e. The van der Waals surface area contributed by atoms with E-state index in [1.165, 1.54) is 0 Å². The molecular weight excluding hydrogens is 554 g/mol. The summed E-state index contributed by atoms with van der Waals surface area (Å²) >= 11 is 5.43. The van der Waals surface area contributed by atoms with Gasteiger partial charge in [0.1, 0.15) is 6.04 Å². The van der Waals surface area contributed by atoms with Gasteiger partial charge in [-0.2, -0.15) is 0 Å². The van der Waals surface area contributed by atoms with Gasteiger partial charge in [-0.25, -0.2) is 0 Å². The molecule has 3 N–H and O–H groups in total. The molecule has 7 nitrogen and oxygen atoms in total. The third-order valence-corrected chi connectivity index (χ3v) is 11.0. The molecule has 1 spiro atoms. The summed E-state index contributed by atoms with van der Waals surface area (Å²) in [5.41, 5.74) is 1.99. The number of carbonyl (C=O) groups is 3. The van der Waals surface area contributed by atoms with Crippen molar-refractivity contribution in [3.05, 3.63) is 71.8 Å². The number of rotatable bonds is 10. The van der Waals surface area contributed by atoms with E-state index >= 15 is 0 Å². The summed E-state index contributed by atoms with van der Waals surface area (Å²) < 4.78 is -0.662. The topological polar surface area (TPSA) is 98.7 Å². The Kier molecular flexibility index (Phi) is 7.93. The number of nitrogens with zero attached hydrogens (tertiary/aromatic N) is 1. The molecule has 3 heterocycles. The maximum absolute atomic E-state index is 13.9. The predicted octanol–water partition coefficient (Wildman–Crippen LogP) is 2.86. The average molecular weight is 587 g/mol. The second kappa shape index (κ2) is 11.2. The zero-order valence-electron chi connectivity index (χ0n) is 20.5. The minimum atomic E-state index is -0.662. The van der Waals surface area contributed by atoms with Gasteiger partial charge in [0.2, 0.25) is 17.7 Å². The van der Waals surface area contributed by atoms with Gasteiger partial charge in [-0.05, 0) is 30.4 Å². The number of likely N-dealkylation sites (tertiary alicyclic amines) is 1. The molecule has 0 aliphatic carbocycles. The molecule has 3 unspecified atom stereocenters. The van der Waals surface area contributed by atoms with E-state index in [9.17, 15) is 19.5 Å². The monoisotopic (exact) mass is 585 g/mol. The number of aliphatic hydroxyl groups excluding tert-OH is 1. The number of fused-ring (bicyclic) bond motifs is 1. The first-order valence-corrected chi connectivity index (χ1v) is 14.6. The van der Waals surface area contributed by atoms with Crippen molar-refractivity contribution < 1.29 is 19.5 Å². The molecule has 0 radical (unpaired) electrons. The highest BCUT2D eigenvalue weighted by atomic mass is 79.9. The van der Waals surface area contributed by atoms with Crippen molar-refractivity contribution in [1.82, 2.24) is 15.5 Å². The lowest BCUT2D eigenvalue weighted by atomic mass is 9.70. The van der Waals surface area contributed by atoms with Crippen LogP contribution in [0.2, 0.25) is 0 Å². The molecule has 6 atom stereocenters. The van der Waals surface area contributed by atoms with Gasteiger partial charge < -0.3 is 20.6 Å². The van der Waals surface area contributed by atoms with Gasteiger partial charge >= 0.3 is 0 Å². The molecule has 0 saturated carbocycles. The maximum atomic E-state index is 13.9. The fourth-order valence-electron chi connectivity index (χ4n) is 6.15. The Morgan fingerprint density at radius 1 is 0.973 bits per heavy atom. The molecule has 3 amide bonds. The molecule has 2 aromatic rings. The lowest BCUT2D eigenvalue weighted by Gasteiger charge is -2.35. The molecule has 2 bridgehead atoms. The van der Waals surface area contributed by atoms with E-state index < -0.39 is 22.6 Å². The van der Waals surface area contributed by atoms with E-state index in [2.05, 4.69) is 26.6 Å². The Hall–Kier alpha value is -2.36. The third-order valence-electron chi connectivity index (χ3n) is 7.77. The summed E-state index contributed by atoms with van der Waals surface area (Å²) in [5, 5.41) is 15.4. The van der Waals surface area contributed by atoms with Gasteiger partial charge in [-0.15, -0.1) is 11.8 Å². The molecule has 3 fully saturated rings. The van der Waals surface area contributed by atoms with E-state index in [0.717, 1.165) is 11.1 Å². The number of amides is 3. The molecule has 3 aliphatic heterocycles. The highest BCUT2D eigenvalue weighted by Gasteiger charge is 2.75. The number of carbonyl (C=O) groups excluding carboxylic acids is 3. The third kappa shape index (κ3) is 4.93. The number of aliphatic hydroxyl groups is 1. The predicted molar refractivity (Wildman–Crippen MR) is 147 cm³/mol. The lowest BCUT2D eigenvalue weighted by Crippen LogP contribution is -2.54. The van der Waals surface area contributed by atoms with E-state index in [0.29, 0.717) is 38.9 Å². The fraction of sp³-hybridized carbons (Fsp3) is 0.464. The van der Waals surface area contributed by atoms with Gasteiger partial charge in [0.25, 0.3) is 0 Å². The van der Waals surface area contributed by atoms with Crippen LogP contribution in [0.5, 0.6) is 0 Å². The molecule has 9 heteroatoms. The summed E-state index contributed by atoms with van der Waals surface area (Å²) in [7, 11) is 0. The summed E-state index contributed by atoms with van der Waals surface area (Å²) in [4.78, 5) is 42.9. The number of benzene rings is 2. The number of hydrogen-bond donors (Lipinski definition) is 3. The molecule has 5 rings (SSSR count). The van der Waals surface area contributed by atoms with E-state index in [1.807, 2.05) is 60.7 Å². The van der Waals surface area contributed by atoms with Crippen molar-refractivity contribution in [3.8, 4) is 0 Å². The van der Waals surface area contributed by atoms with Crippen LogP contribution in [-0.2, 0) is 27.5 Å². The minimum Gasteiger partial charge on any atom is -0.396 e. The number of nitrogens with one attached hydrogen (secondary N) is 2. The van der Waals surface area contributed by atoms with Crippen molar-refractivity contribution in [1.29, 1.82) is 0 Å². The Morgan fingerprint density at radius 3 is 2.16 bits per heavy atom. The van der Waals surface area contributed by atoms with Gasteiger partial charge in [-0.3, -0.25) is 14.4 Å². The van der Waals surface area contributed by atoms with Crippen LogP contribution in [0.3, 0.4) is 0 Å². The Labute approximate surface area is 229 Å². The second-order valence-electron chi connectivity index (χ2n) is 10.0. The average Bonchev–Trinajstić information content (AvgIpc) is 3.51. The van der Waals surface area contributed by atoms with Gasteiger partial charge in [0.15, 0.2) is 0 Å². The smallest absolute Gasteiger partial charge is 0.244 e. The number of thioether (sulfide) groups is 1. The van der Waals surface area contributed by atoms with Crippen LogP contribution in [0.15, 0.2) is 60.7 Å². The molecule has 0 aromatic heterocycles. The summed E-state index contributed by atoms with van der Waals surface area (Å²) in [5.74, 6) is -1.49. The standard InChI is InChI=1S/C28H32BrN3O4S/c29-20-15-28-22(21(23(20)37-28)25(34)30-16-18-9-3-1-4-10-18)27(36)32(13-7-8-14-33)24(28)26(35)31-17-19-11-5-2-6-12-19/h1-6,9-12,20-24,33H,7-8,13-17H2,(H,30,34)(H,31,35)/t20?,21-,22+,23-,24?,28?/m1/s1. The zero-order valence-corrected chi connectivity index (χ0v) is 22.9. The highest BCUT2D eigenvalue weighted by molar-refractivity contribution is 9.09. The van der Waals surface area contributed by atoms with E-state index in [1.54, 1.807) is 16.7 Å². The zero-order chi connectivity index (χ0) is 26.0. The molecule has 3 saturated heterocycles. The summed E-state index contributed by atoms with van der Waals surface area (Å²) in [6.45, 7) is 1.20. The Morgan fingerprint density at radius 2 is 1.57 bits per heavy atom. The van der Waals surface area contributed by atoms with Crippen LogP contribution in [0.1, 0.15) is 30.4 Å². The summed E-state index contributed by atoms with van der Waals surface area (Å²) in [6, 6.07) is 18.8. The number of alkyl halides is 1. The Balaban J connectivity index is 1.40. The van der Waals surface area contributed by atoms with Crippen LogP contribution < -0.4 is 10.6 Å². The van der Waals surface area contributed by atoms with Crippen LogP contribution >= 0.6 is 27.7 Å². The first-order chi connectivity index (χ1) is 18.0. The quantitative estimate of drug-likeness (QED) is 0.294. The number of hydrogen-bond acceptors (Lipinski definition) is 5. The van der Waals surface area contributed by atoms with Gasteiger partial charge in [0, 0.05) is 36.3 Å². The molecule has 3 aliphatic rings. The fourth-order valence-corrected chi connectivity index (χ4v) is 9.76. The van der Waals surface area contributed by atoms with E-state index in [-0.39, 0.29) is 34.4 Å². The first kappa shape index (κ1) is 26.3. The van der Waals surface area contributed by atoms with Gasteiger partial charge in [-0.1, -0.05) is 76.6 Å². The van der Waals surface area contributed by atoms with Crippen molar-refractivity contribution >= 4 is 45.4 Å². The van der Waals surface area contributed by atoms with E-state index in [4.69, 9.17) is 0 Å². The van der Waals surface area contributed by atoms with Crippen molar-refractivity contribution in [2.24, 2.45) is 11.8 Å². The number of unbranched alkanes of at least 4 members (excludes halogenated alkanes) is 1. The van der Waals surface area contributed by atoms with Crippen LogP contribution in [0.25, 0.3) is 0 Å². The molecule has 196 valence electrons. The summed E-state index contributed by atoms with van der Waals surface area (Å²) in [6.07, 6.45) is 1.81. The van der Waals surface area contributed by atoms with Gasteiger partial charge in [0.05, 0.1) is 16.6 Å². The minimum absolute atomic E-state index is 0.0340. The molecule has 37 heavy (non-hydrogen) atoms. The SMILES string of the molecule is O=C(NCc1ccccc1)C1N(CCCCO)C(=O)[C@@H]2[C@@H](C(=O)NCc3ccccc3)[C@@H]3SC12CC3Br. The second-order valence-corrected chi connectivity index (χ2v) is 12.7. The number of halogens is 1.